The van der Waals surface area contributed by atoms with Crippen LogP contribution in [0.25, 0.3) is 11.2 Å². The lowest BCUT2D eigenvalue weighted by Crippen LogP contribution is -2.07. The summed E-state index contributed by atoms with van der Waals surface area (Å²) in [7, 11) is 0. The number of hydrogen-bond donors (Lipinski definition) is 1. The molecule has 0 saturated heterocycles. The molecule has 4 nitrogen and oxygen atoms in total. The van der Waals surface area contributed by atoms with E-state index in [1.165, 1.54) is 12.1 Å². The number of nitrogen functional groups attached to an aromatic ring is 1. The van der Waals surface area contributed by atoms with E-state index in [9.17, 15) is 8.78 Å². The smallest absolute Gasteiger partial charge is 0.202 e. The molecule has 0 amide bonds. The lowest BCUT2D eigenvalue weighted by molar-refractivity contribution is 0.577. The van der Waals surface area contributed by atoms with Crippen molar-refractivity contribution in [2.24, 2.45) is 0 Å². The fraction of sp³-hybridized carbons (Fsp3) is 0.200. The highest BCUT2D eigenvalue weighted by molar-refractivity contribution is 5.74. The number of halogens is 2. The molecule has 0 atom stereocenters. The Balaban J connectivity index is 1.91. The molecule has 0 bridgehead atoms. The van der Waals surface area contributed by atoms with Crippen molar-refractivity contribution in [2.45, 2.75) is 19.9 Å². The van der Waals surface area contributed by atoms with Crippen LogP contribution >= 0.6 is 0 Å². The molecule has 2 N–H and O–H groups in total. The molecule has 0 radical (unpaired) electrons. The molecule has 108 valence electrons. The molecule has 3 aromatic rings. The number of aromatic nitrogens is 3. The van der Waals surface area contributed by atoms with Gasteiger partial charge in [-0.05, 0) is 43.2 Å². The maximum atomic E-state index is 13.2. The summed E-state index contributed by atoms with van der Waals surface area (Å²) < 4.78 is 28.1. The van der Waals surface area contributed by atoms with Gasteiger partial charge in [-0.1, -0.05) is 0 Å². The monoisotopic (exact) mass is 288 g/mol. The van der Waals surface area contributed by atoms with Crippen molar-refractivity contribution in [2.75, 3.05) is 5.73 Å². The third kappa shape index (κ3) is 2.69. The molecule has 0 fully saturated rings. The van der Waals surface area contributed by atoms with Gasteiger partial charge in [0.2, 0.25) is 5.95 Å². The first kappa shape index (κ1) is 13.5. The van der Waals surface area contributed by atoms with Gasteiger partial charge in [-0.25, -0.2) is 18.7 Å². The minimum atomic E-state index is -0.581. The minimum Gasteiger partial charge on any atom is -0.369 e. The van der Waals surface area contributed by atoms with E-state index in [0.717, 1.165) is 11.8 Å². The average Bonchev–Trinajstić information content (AvgIpc) is 2.70. The van der Waals surface area contributed by atoms with E-state index < -0.39 is 11.6 Å². The number of nitrogens with two attached hydrogens (primary N) is 1. The Labute approximate surface area is 120 Å². The summed E-state index contributed by atoms with van der Waals surface area (Å²) in [6.07, 6.45) is 0.444. The second-order valence-corrected chi connectivity index (χ2v) is 4.94. The van der Waals surface area contributed by atoms with Gasteiger partial charge < -0.3 is 5.73 Å². The standard InChI is InChI=1S/C15H14F2N4/c1-9-2-3-13-14(19-9)21(15(18)20-13)5-4-10-6-11(16)8-12(17)7-10/h2-3,6-8H,4-5H2,1H3,(H2,18,20). The number of hydrogen-bond acceptors (Lipinski definition) is 3. The predicted octanol–water partition coefficient (Wildman–Crippen LogP) is 2.84. The number of anilines is 1. The Morgan fingerprint density at radius 2 is 1.81 bits per heavy atom. The van der Waals surface area contributed by atoms with Crippen LogP contribution < -0.4 is 5.73 Å². The average molecular weight is 288 g/mol. The maximum Gasteiger partial charge on any atom is 0.202 e. The van der Waals surface area contributed by atoms with E-state index in [4.69, 9.17) is 5.73 Å². The van der Waals surface area contributed by atoms with Crippen molar-refractivity contribution in [1.82, 2.24) is 14.5 Å². The number of aryl methyl sites for hydroxylation is 3. The van der Waals surface area contributed by atoms with Gasteiger partial charge in [0, 0.05) is 18.3 Å². The fourth-order valence-corrected chi connectivity index (χ4v) is 2.33. The largest absolute Gasteiger partial charge is 0.369 e. The minimum absolute atomic E-state index is 0.347. The number of rotatable bonds is 3. The van der Waals surface area contributed by atoms with Crippen LogP contribution in [-0.4, -0.2) is 14.5 Å². The molecule has 2 heterocycles. The lowest BCUT2D eigenvalue weighted by Gasteiger charge is -2.07. The first-order valence-electron chi connectivity index (χ1n) is 6.57. The quantitative estimate of drug-likeness (QED) is 0.806. The number of nitrogens with zero attached hydrogens (tertiary/aromatic N) is 3. The summed E-state index contributed by atoms with van der Waals surface area (Å²) >= 11 is 0. The zero-order valence-electron chi connectivity index (χ0n) is 11.5. The molecule has 1 aromatic carbocycles. The summed E-state index contributed by atoms with van der Waals surface area (Å²) in [5, 5.41) is 0. The normalized spacial score (nSPS) is 11.2. The number of imidazole rings is 1. The van der Waals surface area contributed by atoms with Gasteiger partial charge in [0.15, 0.2) is 5.65 Å². The summed E-state index contributed by atoms with van der Waals surface area (Å²) in [5.74, 6) is -0.815. The van der Waals surface area contributed by atoms with E-state index in [1.807, 2.05) is 19.1 Å². The van der Waals surface area contributed by atoms with E-state index in [-0.39, 0.29) is 0 Å². The van der Waals surface area contributed by atoms with Crippen molar-refractivity contribution in [3.63, 3.8) is 0 Å². The van der Waals surface area contributed by atoms with E-state index >= 15 is 0 Å². The third-order valence-corrected chi connectivity index (χ3v) is 3.31. The van der Waals surface area contributed by atoms with Gasteiger partial charge in [0.05, 0.1) is 0 Å². The third-order valence-electron chi connectivity index (χ3n) is 3.31. The molecular formula is C15H14F2N4. The molecule has 3 rings (SSSR count). The zero-order valence-corrected chi connectivity index (χ0v) is 11.5. The van der Waals surface area contributed by atoms with Crippen LogP contribution in [0, 0.1) is 18.6 Å². The molecule has 6 heteroatoms. The van der Waals surface area contributed by atoms with Crippen molar-refractivity contribution < 1.29 is 8.78 Å². The van der Waals surface area contributed by atoms with Crippen LogP contribution in [0.1, 0.15) is 11.3 Å². The molecule has 0 spiro atoms. The lowest BCUT2D eigenvalue weighted by atomic mass is 10.1. The Morgan fingerprint density at radius 1 is 1.10 bits per heavy atom. The van der Waals surface area contributed by atoms with E-state index in [0.29, 0.717) is 35.6 Å². The Kier molecular flexibility index (Phi) is 3.29. The Bertz CT molecular complexity index is 791. The second-order valence-electron chi connectivity index (χ2n) is 4.94. The van der Waals surface area contributed by atoms with Crippen LogP contribution in [0.4, 0.5) is 14.7 Å². The molecule has 0 unspecified atom stereocenters. The highest BCUT2D eigenvalue weighted by Gasteiger charge is 2.10. The van der Waals surface area contributed by atoms with E-state index in [2.05, 4.69) is 9.97 Å². The highest BCUT2D eigenvalue weighted by atomic mass is 19.1. The maximum absolute atomic E-state index is 13.2. The summed E-state index contributed by atoms with van der Waals surface area (Å²) in [6, 6.07) is 7.21. The summed E-state index contributed by atoms with van der Waals surface area (Å²) in [4.78, 5) is 8.65. The van der Waals surface area contributed by atoms with Crippen molar-refractivity contribution in [3.8, 4) is 0 Å². The molecule has 0 saturated carbocycles. The number of benzene rings is 1. The first-order chi connectivity index (χ1) is 10.0. The van der Waals surface area contributed by atoms with Crippen molar-refractivity contribution >= 4 is 17.1 Å². The van der Waals surface area contributed by atoms with Gasteiger partial charge in [0.1, 0.15) is 17.2 Å². The van der Waals surface area contributed by atoms with Gasteiger partial charge in [0.25, 0.3) is 0 Å². The molecule has 2 aromatic heterocycles. The zero-order chi connectivity index (χ0) is 15.0. The second kappa shape index (κ2) is 5.12. The summed E-state index contributed by atoms with van der Waals surface area (Å²) in [5.41, 5.74) is 8.72. The topological polar surface area (TPSA) is 56.7 Å². The van der Waals surface area contributed by atoms with Gasteiger partial charge in [-0.15, -0.1) is 0 Å². The van der Waals surface area contributed by atoms with Crippen molar-refractivity contribution in [3.05, 3.63) is 53.2 Å². The van der Waals surface area contributed by atoms with E-state index in [1.54, 1.807) is 4.57 Å². The van der Waals surface area contributed by atoms with Crippen LogP contribution in [0.15, 0.2) is 30.3 Å². The van der Waals surface area contributed by atoms with Crippen LogP contribution in [0.5, 0.6) is 0 Å². The first-order valence-corrected chi connectivity index (χ1v) is 6.57. The van der Waals surface area contributed by atoms with Gasteiger partial charge in [-0.3, -0.25) is 4.57 Å². The molecular weight excluding hydrogens is 274 g/mol. The van der Waals surface area contributed by atoms with Crippen LogP contribution in [-0.2, 0) is 13.0 Å². The number of fused-ring (bicyclic) bond motifs is 1. The SMILES string of the molecule is Cc1ccc2nc(N)n(CCc3cc(F)cc(F)c3)c2n1. The molecule has 21 heavy (non-hydrogen) atoms. The Morgan fingerprint density at radius 3 is 2.52 bits per heavy atom. The molecule has 0 aliphatic rings. The van der Waals surface area contributed by atoms with Gasteiger partial charge >= 0.3 is 0 Å². The molecule has 0 aliphatic carbocycles. The van der Waals surface area contributed by atoms with Gasteiger partial charge in [-0.2, -0.15) is 0 Å². The van der Waals surface area contributed by atoms with Crippen LogP contribution in [0.2, 0.25) is 0 Å². The fourth-order valence-electron chi connectivity index (χ4n) is 2.33. The van der Waals surface area contributed by atoms with Crippen LogP contribution in [0.3, 0.4) is 0 Å². The predicted molar refractivity (Wildman–Crippen MR) is 76.7 cm³/mol. The Hall–Kier alpha value is -2.50. The highest BCUT2D eigenvalue weighted by Crippen LogP contribution is 2.17. The summed E-state index contributed by atoms with van der Waals surface area (Å²) in [6.45, 7) is 2.34. The van der Waals surface area contributed by atoms with Crippen molar-refractivity contribution in [1.29, 1.82) is 0 Å². The number of pyridine rings is 1. The molecule has 0 aliphatic heterocycles.